The summed E-state index contributed by atoms with van der Waals surface area (Å²) in [7, 11) is 0. The molecule has 0 aromatic heterocycles. The van der Waals surface area contributed by atoms with Crippen molar-refractivity contribution < 1.29 is 28.8 Å². The second-order valence-electron chi connectivity index (χ2n) is 8.38. The van der Waals surface area contributed by atoms with E-state index >= 15 is 0 Å². The maximum absolute atomic E-state index is 13.0. The molecule has 4 rings (SSSR count). The number of non-ortho nitro benzene ring substituents is 1. The van der Waals surface area contributed by atoms with Crippen molar-refractivity contribution in [1.82, 2.24) is 5.32 Å². The second-order valence-corrected chi connectivity index (χ2v) is 8.38. The highest BCUT2D eigenvalue weighted by atomic mass is 16.6. The predicted octanol–water partition coefficient (Wildman–Crippen LogP) is 3.90. The average molecular weight is 514 g/mol. The maximum atomic E-state index is 13.0. The molecule has 1 fully saturated rings. The van der Waals surface area contributed by atoms with Crippen LogP contribution in [0.15, 0.2) is 72.3 Å². The predicted molar refractivity (Wildman–Crippen MR) is 139 cm³/mol. The van der Waals surface area contributed by atoms with Crippen molar-refractivity contribution in [2.24, 2.45) is 0 Å². The summed E-state index contributed by atoms with van der Waals surface area (Å²) in [6.45, 7) is 3.65. The topological polar surface area (TPSA) is 148 Å². The summed E-state index contributed by atoms with van der Waals surface area (Å²) < 4.78 is 5.53. The molecule has 1 aliphatic heterocycles. The molecule has 192 valence electrons. The van der Waals surface area contributed by atoms with Crippen LogP contribution in [0.25, 0.3) is 6.08 Å². The number of carbonyl (C=O) groups excluding carboxylic acids is 4. The van der Waals surface area contributed by atoms with Gasteiger partial charge in [-0.05, 0) is 66.9 Å². The van der Waals surface area contributed by atoms with Gasteiger partial charge in [-0.2, -0.15) is 0 Å². The molecule has 0 saturated carbocycles. The molecule has 0 unspecified atom stereocenters. The van der Waals surface area contributed by atoms with Crippen molar-refractivity contribution in [3.63, 3.8) is 0 Å². The van der Waals surface area contributed by atoms with Gasteiger partial charge in [0.25, 0.3) is 23.4 Å². The molecule has 2 N–H and O–H groups in total. The van der Waals surface area contributed by atoms with E-state index in [0.717, 1.165) is 28.2 Å². The number of imide groups is 2. The van der Waals surface area contributed by atoms with Crippen molar-refractivity contribution in [3.8, 4) is 5.75 Å². The first-order valence-electron chi connectivity index (χ1n) is 11.4. The first-order valence-corrected chi connectivity index (χ1v) is 11.4. The largest absolute Gasteiger partial charge is 0.484 e. The first-order chi connectivity index (χ1) is 18.1. The van der Waals surface area contributed by atoms with Gasteiger partial charge in [0.15, 0.2) is 6.61 Å². The number of nitrogens with zero attached hydrogens (tertiary/aromatic N) is 2. The average Bonchev–Trinajstić information content (AvgIpc) is 2.89. The fourth-order valence-corrected chi connectivity index (χ4v) is 3.66. The van der Waals surface area contributed by atoms with Crippen LogP contribution in [0.4, 0.5) is 21.9 Å². The van der Waals surface area contributed by atoms with E-state index in [9.17, 15) is 29.3 Å². The van der Waals surface area contributed by atoms with Gasteiger partial charge in [-0.15, -0.1) is 0 Å². The third-order valence-corrected chi connectivity index (χ3v) is 5.86. The van der Waals surface area contributed by atoms with Gasteiger partial charge < -0.3 is 10.1 Å². The Morgan fingerprint density at radius 3 is 2.37 bits per heavy atom. The van der Waals surface area contributed by atoms with Gasteiger partial charge in [0, 0.05) is 17.8 Å². The van der Waals surface area contributed by atoms with Crippen LogP contribution in [0.5, 0.6) is 5.75 Å². The van der Waals surface area contributed by atoms with Gasteiger partial charge in [-0.1, -0.05) is 24.3 Å². The third kappa shape index (κ3) is 5.57. The Kier molecular flexibility index (Phi) is 7.28. The van der Waals surface area contributed by atoms with Crippen molar-refractivity contribution in [3.05, 3.63) is 99.1 Å². The zero-order valence-electron chi connectivity index (χ0n) is 20.4. The van der Waals surface area contributed by atoms with Crippen LogP contribution in [0, 0.1) is 24.0 Å². The lowest BCUT2D eigenvalue weighted by molar-refractivity contribution is -0.384. The number of nitro benzene ring substituents is 1. The van der Waals surface area contributed by atoms with Crippen LogP contribution in [0.1, 0.15) is 16.7 Å². The van der Waals surface area contributed by atoms with Crippen LogP contribution < -0.4 is 20.3 Å². The Balaban J connectivity index is 1.44. The summed E-state index contributed by atoms with van der Waals surface area (Å²) >= 11 is 0. The minimum atomic E-state index is -0.964. The number of ether oxygens (including phenoxy) is 1. The number of rotatable bonds is 7. The Hall–Kier alpha value is -5.32. The van der Waals surface area contributed by atoms with E-state index in [1.54, 1.807) is 24.3 Å². The molecule has 1 saturated heterocycles. The highest BCUT2D eigenvalue weighted by Crippen LogP contribution is 2.25. The normalized spacial score (nSPS) is 14.3. The Bertz CT molecular complexity index is 1480. The van der Waals surface area contributed by atoms with E-state index in [1.807, 2.05) is 32.0 Å². The molecule has 11 nitrogen and oxygen atoms in total. The number of nitro groups is 1. The number of aryl methyl sites for hydroxylation is 1. The number of urea groups is 1. The van der Waals surface area contributed by atoms with Gasteiger partial charge in [-0.3, -0.25) is 29.8 Å². The molecule has 1 aliphatic rings. The number of hydrogen-bond donors (Lipinski definition) is 2. The van der Waals surface area contributed by atoms with Crippen LogP contribution in [0.3, 0.4) is 0 Å². The van der Waals surface area contributed by atoms with Gasteiger partial charge >= 0.3 is 6.03 Å². The van der Waals surface area contributed by atoms with Crippen LogP contribution in [-0.2, 0) is 14.4 Å². The fraction of sp³-hybridized carbons (Fsp3) is 0.111. The van der Waals surface area contributed by atoms with E-state index < -0.39 is 22.8 Å². The molecular formula is C27H22N4O7. The quantitative estimate of drug-likeness (QED) is 0.210. The number of anilines is 2. The van der Waals surface area contributed by atoms with E-state index in [4.69, 9.17) is 4.74 Å². The van der Waals surface area contributed by atoms with Crippen molar-refractivity contribution in [2.75, 3.05) is 16.8 Å². The van der Waals surface area contributed by atoms with E-state index in [1.165, 1.54) is 18.2 Å². The van der Waals surface area contributed by atoms with Crippen molar-refractivity contribution >= 4 is 46.9 Å². The molecule has 0 radical (unpaired) electrons. The summed E-state index contributed by atoms with van der Waals surface area (Å²) in [4.78, 5) is 60.9. The molecule has 3 aromatic carbocycles. The number of nitrogens with one attached hydrogen (secondary N) is 2. The highest BCUT2D eigenvalue weighted by molar-refractivity contribution is 6.39. The number of barbiturate groups is 1. The summed E-state index contributed by atoms with van der Waals surface area (Å²) in [5, 5.41) is 15.8. The Morgan fingerprint density at radius 2 is 1.71 bits per heavy atom. The number of benzene rings is 3. The summed E-state index contributed by atoms with van der Waals surface area (Å²) in [5.41, 5.74) is 2.75. The Morgan fingerprint density at radius 1 is 1.03 bits per heavy atom. The summed E-state index contributed by atoms with van der Waals surface area (Å²) in [5.74, 6) is -1.69. The van der Waals surface area contributed by atoms with Crippen LogP contribution >= 0.6 is 0 Å². The van der Waals surface area contributed by atoms with Crippen LogP contribution in [-0.4, -0.2) is 35.3 Å². The first kappa shape index (κ1) is 25.8. The molecule has 0 spiro atoms. The minimum Gasteiger partial charge on any atom is -0.484 e. The monoisotopic (exact) mass is 514 g/mol. The van der Waals surface area contributed by atoms with Gasteiger partial charge in [-0.25, -0.2) is 9.69 Å². The van der Waals surface area contributed by atoms with Crippen molar-refractivity contribution in [2.45, 2.75) is 13.8 Å². The van der Waals surface area contributed by atoms with Gasteiger partial charge in [0.05, 0.1) is 10.6 Å². The number of carbonyl (C=O) groups is 4. The lowest BCUT2D eigenvalue weighted by Crippen LogP contribution is -2.54. The minimum absolute atomic E-state index is 0.0689. The van der Waals surface area contributed by atoms with E-state index in [-0.39, 0.29) is 29.5 Å². The summed E-state index contributed by atoms with van der Waals surface area (Å²) in [6.07, 6.45) is 1.31. The molecular weight excluding hydrogens is 492 g/mol. The highest BCUT2D eigenvalue weighted by Gasteiger charge is 2.37. The zero-order chi connectivity index (χ0) is 27.4. The van der Waals surface area contributed by atoms with Gasteiger partial charge in [0.2, 0.25) is 0 Å². The van der Waals surface area contributed by atoms with Crippen LogP contribution in [0.2, 0.25) is 0 Å². The Labute approximate surface area is 216 Å². The smallest absolute Gasteiger partial charge is 0.335 e. The lowest BCUT2D eigenvalue weighted by atomic mass is 10.1. The molecule has 0 bridgehead atoms. The second kappa shape index (κ2) is 10.7. The van der Waals surface area contributed by atoms with Crippen molar-refractivity contribution in [1.29, 1.82) is 0 Å². The third-order valence-electron chi connectivity index (χ3n) is 5.86. The zero-order valence-corrected chi connectivity index (χ0v) is 20.4. The molecule has 5 amide bonds. The van der Waals surface area contributed by atoms with Gasteiger partial charge in [0.1, 0.15) is 11.3 Å². The lowest BCUT2D eigenvalue weighted by Gasteiger charge is -2.26. The molecule has 3 aromatic rings. The molecule has 1 heterocycles. The van der Waals surface area contributed by atoms with E-state index in [0.29, 0.717) is 17.0 Å². The fourth-order valence-electron chi connectivity index (χ4n) is 3.66. The summed E-state index contributed by atoms with van der Waals surface area (Å²) in [6, 6.07) is 15.7. The number of amides is 5. The van der Waals surface area contributed by atoms with E-state index in [2.05, 4.69) is 10.6 Å². The standard InChI is InChI=1S/C27H22N4O7/c1-16-4-3-5-23(17(16)2)28-24(32)15-38-21-12-6-18(7-13-21)14-22-25(33)29-27(35)30(26(22)34)19-8-10-20(11-9-19)31(36)37/h3-14H,15H2,1-2H3,(H,28,32)(H,29,33,35)/b22-14-. The number of hydrogen-bond acceptors (Lipinski definition) is 7. The SMILES string of the molecule is Cc1cccc(NC(=O)COc2ccc(/C=C3/C(=O)NC(=O)N(c4ccc([N+](=O)[O-])cc4)C3=O)cc2)c1C. The molecule has 0 aliphatic carbocycles. The molecule has 38 heavy (non-hydrogen) atoms. The maximum Gasteiger partial charge on any atom is 0.335 e. The molecule has 0 atom stereocenters. The molecule has 11 heteroatoms.